The Balaban J connectivity index is 1.47. The molecule has 0 aliphatic rings. The Hall–Kier alpha value is -3.69. The van der Waals surface area contributed by atoms with Crippen LogP contribution in [0, 0.1) is 18.8 Å². The third kappa shape index (κ3) is 5.44. The van der Waals surface area contributed by atoms with Gasteiger partial charge in [0, 0.05) is 33.1 Å². The lowest BCUT2D eigenvalue weighted by molar-refractivity contribution is -0.143. The lowest BCUT2D eigenvalue weighted by Gasteiger charge is -2.12. The van der Waals surface area contributed by atoms with Gasteiger partial charge in [-0.15, -0.1) is 17.3 Å². The Morgan fingerprint density at radius 3 is 2.71 bits per heavy atom. The first-order chi connectivity index (χ1) is 16.6. The lowest BCUT2D eigenvalue weighted by atomic mass is 9.96. The summed E-state index contributed by atoms with van der Waals surface area (Å²) in [5, 5.41) is 3.34. The number of carbonyl (C=O) groups is 1. The second kappa shape index (κ2) is 11.0. The highest BCUT2D eigenvalue weighted by molar-refractivity contribution is 7.17. The summed E-state index contributed by atoms with van der Waals surface area (Å²) in [6.07, 6.45) is 3.68. The molecule has 0 aliphatic heterocycles. The van der Waals surface area contributed by atoms with E-state index in [1.54, 1.807) is 31.5 Å². The summed E-state index contributed by atoms with van der Waals surface area (Å²) in [6, 6.07) is 14.2. The van der Waals surface area contributed by atoms with Crippen LogP contribution < -0.4 is 4.74 Å². The summed E-state index contributed by atoms with van der Waals surface area (Å²) in [6.45, 7) is 6.40. The minimum absolute atomic E-state index is 0.192. The fourth-order valence-corrected chi connectivity index (χ4v) is 4.75. The molecule has 0 amide bonds. The molecule has 2 aromatic carbocycles. The van der Waals surface area contributed by atoms with Crippen LogP contribution in [0.3, 0.4) is 0 Å². The van der Waals surface area contributed by atoms with Crippen molar-refractivity contribution in [2.75, 3.05) is 6.61 Å². The van der Waals surface area contributed by atoms with Gasteiger partial charge in [-0.25, -0.2) is 9.97 Å². The Morgan fingerprint density at radius 1 is 1.15 bits per heavy atom. The van der Waals surface area contributed by atoms with Gasteiger partial charge < -0.3 is 9.47 Å². The summed E-state index contributed by atoms with van der Waals surface area (Å²) in [5.74, 6) is 6.35. The first-order valence-electron chi connectivity index (χ1n) is 11.2. The molecule has 2 heterocycles. The quantitative estimate of drug-likeness (QED) is 0.223. The molecule has 6 heteroatoms. The number of rotatable bonds is 8. The van der Waals surface area contributed by atoms with E-state index in [1.165, 1.54) is 10.1 Å². The second-order valence-electron chi connectivity index (χ2n) is 7.82. The van der Waals surface area contributed by atoms with Gasteiger partial charge in [-0.2, -0.15) is 0 Å². The number of hydrogen-bond acceptors (Lipinski definition) is 6. The van der Waals surface area contributed by atoms with Gasteiger partial charge in [0.1, 0.15) is 18.7 Å². The predicted molar refractivity (Wildman–Crippen MR) is 136 cm³/mol. The van der Waals surface area contributed by atoms with Crippen LogP contribution in [0.25, 0.3) is 21.2 Å². The highest BCUT2D eigenvalue weighted by Gasteiger charge is 2.15. The predicted octanol–water partition coefficient (Wildman–Crippen LogP) is 6.31. The van der Waals surface area contributed by atoms with Gasteiger partial charge in [0.05, 0.1) is 18.9 Å². The molecule has 0 bridgehead atoms. The number of fused-ring (bicyclic) bond motifs is 1. The number of carbonyl (C=O) groups excluding carboxylic acids is 1. The molecule has 0 saturated heterocycles. The van der Waals surface area contributed by atoms with Crippen LogP contribution in [0.2, 0.25) is 0 Å². The van der Waals surface area contributed by atoms with E-state index < -0.39 is 0 Å². The zero-order valence-corrected chi connectivity index (χ0v) is 20.3. The van der Waals surface area contributed by atoms with Crippen LogP contribution in [0.1, 0.15) is 43.0 Å². The molecular weight excluding hydrogens is 444 g/mol. The van der Waals surface area contributed by atoms with Crippen LogP contribution in [0.5, 0.6) is 5.75 Å². The number of benzene rings is 2. The third-order valence-corrected chi connectivity index (χ3v) is 6.49. The van der Waals surface area contributed by atoms with Crippen molar-refractivity contribution >= 4 is 27.4 Å². The summed E-state index contributed by atoms with van der Waals surface area (Å²) in [5.41, 5.74) is 5.22. The van der Waals surface area contributed by atoms with Gasteiger partial charge in [0.15, 0.2) is 0 Å². The number of thiophene rings is 1. The fourth-order valence-electron chi connectivity index (χ4n) is 3.81. The Labute approximate surface area is 203 Å². The van der Waals surface area contributed by atoms with E-state index in [2.05, 4.69) is 45.4 Å². The molecule has 0 spiro atoms. The fraction of sp³-hybridized carbons (Fsp3) is 0.250. The van der Waals surface area contributed by atoms with E-state index in [0.29, 0.717) is 13.2 Å². The SMILES string of the molecule is CC#C[C@@H](CC(=O)OCC)c1ccc(OCc2ccc3scc(-c4cncnc4C)c3c2)cc1. The smallest absolute Gasteiger partial charge is 0.307 e. The molecule has 0 fully saturated rings. The summed E-state index contributed by atoms with van der Waals surface area (Å²) in [7, 11) is 0. The molecular formula is C28H26N2O3S. The molecule has 5 nitrogen and oxygen atoms in total. The Bertz CT molecular complexity index is 1350. The minimum atomic E-state index is -0.240. The van der Waals surface area contributed by atoms with Crippen LogP contribution in [0.4, 0.5) is 0 Å². The maximum absolute atomic E-state index is 11.9. The van der Waals surface area contributed by atoms with Crippen LogP contribution in [0.15, 0.2) is 60.4 Å². The Morgan fingerprint density at radius 2 is 1.97 bits per heavy atom. The highest BCUT2D eigenvalue weighted by atomic mass is 32.1. The van der Waals surface area contributed by atoms with Crippen molar-refractivity contribution in [3.63, 3.8) is 0 Å². The maximum Gasteiger partial charge on any atom is 0.307 e. The molecule has 4 aromatic rings. The first-order valence-corrected chi connectivity index (χ1v) is 12.0. The standard InChI is InChI=1S/C28H26N2O3S/c1-4-6-22(14-28(31)32-5-2)21-8-10-23(11-9-21)33-16-20-7-12-27-24(13-20)26(17-34-27)25-15-29-18-30-19(25)3/h7-13,15,17-18,22H,5,14,16H2,1-3H3/t22-/m0/s1. The molecule has 2 aromatic heterocycles. The van der Waals surface area contributed by atoms with Gasteiger partial charge in [0.2, 0.25) is 0 Å². The Kier molecular flexibility index (Phi) is 7.56. The zero-order chi connectivity index (χ0) is 23.9. The number of aromatic nitrogens is 2. The second-order valence-corrected chi connectivity index (χ2v) is 8.73. The number of ether oxygens (including phenoxy) is 2. The largest absolute Gasteiger partial charge is 0.489 e. The summed E-state index contributed by atoms with van der Waals surface area (Å²) in [4.78, 5) is 20.4. The molecule has 34 heavy (non-hydrogen) atoms. The third-order valence-electron chi connectivity index (χ3n) is 5.52. The van der Waals surface area contributed by atoms with Gasteiger partial charge in [-0.1, -0.05) is 24.1 Å². The lowest BCUT2D eigenvalue weighted by Crippen LogP contribution is -2.09. The van der Waals surface area contributed by atoms with Crippen LogP contribution in [-0.2, 0) is 16.1 Å². The normalized spacial score (nSPS) is 11.5. The number of hydrogen-bond donors (Lipinski definition) is 0. The van der Waals surface area contributed by atoms with Gasteiger partial charge in [-0.05, 0) is 61.5 Å². The number of nitrogens with zero attached hydrogens (tertiary/aromatic N) is 2. The minimum Gasteiger partial charge on any atom is -0.489 e. The van der Waals surface area contributed by atoms with E-state index in [1.807, 2.05) is 37.4 Å². The van der Waals surface area contributed by atoms with E-state index in [4.69, 9.17) is 9.47 Å². The van der Waals surface area contributed by atoms with E-state index in [0.717, 1.165) is 33.7 Å². The molecule has 4 rings (SSSR count). The monoisotopic (exact) mass is 470 g/mol. The summed E-state index contributed by atoms with van der Waals surface area (Å²) < 4.78 is 12.4. The molecule has 0 saturated carbocycles. The molecule has 0 aliphatic carbocycles. The van der Waals surface area contributed by atoms with Crippen molar-refractivity contribution in [3.8, 4) is 28.7 Å². The van der Waals surface area contributed by atoms with Crippen molar-refractivity contribution in [1.82, 2.24) is 9.97 Å². The summed E-state index contributed by atoms with van der Waals surface area (Å²) >= 11 is 1.72. The van der Waals surface area contributed by atoms with Crippen molar-refractivity contribution < 1.29 is 14.3 Å². The molecule has 172 valence electrons. The van der Waals surface area contributed by atoms with E-state index >= 15 is 0 Å². The van der Waals surface area contributed by atoms with Crippen molar-refractivity contribution in [1.29, 1.82) is 0 Å². The highest BCUT2D eigenvalue weighted by Crippen LogP contribution is 2.35. The maximum atomic E-state index is 11.9. The average molecular weight is 471 g/mol. The van der Waals surface area contributed by atoms with Gasteiger partial charge >= 0.3 is 5.97 Å². The molecule has 0 N–H and O–H groups in total. The van der Waals surface area contributed by atoms with Crippen molar-refractivity contribution in [2.45, 2.75) is 39.7 Å². The van der Waals surface area contributed by atoms with Crippen LogP contribution >= 0.6 is 11.3 Å². The first kappa shape index (κ1) is 23.5. The topological polar surface area (TPSA) is 61.3 Å². The van der Waals surface area contributed by atoms with Crippen molar-refractivity contribution in [3.05, 3.63) is 77.2 Å². The average Bonchev–Trinajstić information content (AvgIpc) is 3.26. The van der Waals surface area contributed by atoms with Crippen LogP contribution in [-0.4, -0.2) is 22.5 Å². The molecule has 0 radical (unpaired) electrons. The van der Waals surface area contributed by atoms with Crippen molar-refractivity contribution in [2.24, 2.45) is 0 Å². The zero-order valence-electron chi connectivity index (χ0n) is 19.5. The van der Waals surface area contributed by atoms with E-state index in [9.17, 15) is 4.79 Å². The number of aryl methyl sites for hydroxylation is 1. The van der Waals surface area contributed by atoms with Gasteiger partial charge in [-0.3, -0.25) is 4.79 Å². The van der Waals surface area contributed by atoms with E-state index in [-0.39, 0.29) is 18.3 Å². The van der Waals surface area contributed by atoms with Gasteiger partial charge in [0.25, 0.3) is 0 Å². The molecule has 1 atom stereocenters. The number of esters is 1. The molecule has 0 unspecified atom stereocenters.